The summed E-state index contributed by atoms with van der Waals surface area (Å²) in [5.41, 5.74) is 1.47. The molecule has 34 heavy (non-hydrogen) atoms. The Morgan fingerprint density at radius 2 is 1.03 bits per heavy atom. The lowest BCUT2D eigenvalue weighted by atomic mass is 9.94. The molecule has 0 amide bonds. The standard InChI is InChI=1S/2C13H19NO2S/c2*1-10-8-11(17-9-10)12(15)13(2,3)14-4-6-16-7-5-14/h2*8-9H,4-7H2,1-3H3. The van der Waals surface area contributed by atoms with Crippen molar-refractivity contribution >= 4 is 34.2 Å². The first-order valence-electron chi connectivity index (χ1n) is 11.9. The lowest BCUT2D eigenvalue weighted by molar-refractivity contribution is -0.00427. The van der Waals surface area contributed by atoms with Gasteiger partial charge in [-0.05, 0) is 75.6 Å². The summed E-state index contributed by atoms with van der Waals surface area (Å²) < 4.78 is 10.7. The first-order chi connectivity index (χ1) is 16.0. The van der Waals surface area contributed by atoms with Crippen molar-refractivity contribution in [1.82, 2.24) is 9.80 Å². The summed E-state index contributed by atoms with van der Waals surface area (Å²) in [6.07, 6.45) is 0. The summed E-state index contributed by atoms with van der Waals surface area (Å²) in [6.45, 7) is 18.3. The minimum atomic E-state index is -0.429. The Hall–Kier alpha value is -1.42. The summed E-state index contributed by atoms with van der Waals surface area (Å²) >= 11 is 3.08. The van der Waals surface area contributed by atoms with Gasteiger partial charge in [-0.2, -0.15) is 0 Å². The third-order valence-corrected chi connectivity index (χ3v) is 8.72. The Bertz CT molecular complexity index is 889. The highest BCUT2D eigenvalue weighted by Gasteiger charge is 2.37. The van der Waals surface area contributed by atoms with E-state index in [1.807, 2.05) is 64.4 Å². The number of carbonyl (C=O) groups excluding carboxylic acids is 2. The summed E-state index contributed by atoms with van der Waals surface area (Å²) in [5.74, 6) is 0.440. The number of ketones is 2. The molecule has 2 fully saturated rings. The molecule has 2 saturated heterocycles. The topological polar surface area (TPSA) is 59.1 Å². The van der Waals surface area contributed by atoms with Crippen LogP contribution >= 0.6 is 22.7 Å². The van der Waals surface area contributed by atoms with Crippen LogP contribution in [0.2, 0.25) is 0 Å². The molecule has 4 rings (SSSR count). The molecule has 0 N–H and O–H groups in total. The second-order valence-electron chi connectivity index (χ2n) is 9.95. The number of ether oxygens (including phenoxy) is 2. The molecule has 2 aromatic heterocycles. The van der Waals surface area contributed by atoms with E-state index in [1.165, 1.54) is 0 Å². The van der Waals surface area contributed by atoms with Gasteiger partial charge in [0.05, 0.1) is 47.3 Å². The lowest BCUT2D eigenvalue weighted by Gasteiger charge is -2.39. The average Bonchev–Trinajstić information content (AvgIpc) is 3.47. The van der Waals surface area contributed by atoms with Crippen molar-refractivity contribution in [2.75, 3.05) is 52.6 Å². The van der Waals surface area contributed by atoms with E-state index in [9.17, 15) is 9.59 Å². The second kappa shape index (κ2) is 11.5. The van der Waals surface area contributed by atoms with Crippen molar-refractivity contribution in [3.63, 3.8) is 0 Å². The number of thiophene rings is 2. The Labute approximate surface area is 211 Å². The Kier molecular flexibility index (Phi) is 9.23. The Morgan fingerprint density at radius 1 is 0.706 bits per heavy atom. The molecule has 0 saturated carbocycles. The van der Waals surface area contributed by atoms with E-state index in [-0.39, 0.29) is 11.6 Å². The van der Waals surface area contributed by atoms with Gasteiger partial charge in [-0.25, -0.2) is 0 Å². The SMILES string of the molecule is Cc1csc(C(=O)C(C)(C)N2CCOCC2)c1.Cc1csc(C(=O)C(C)(C)N2CCOCC2)c1. The zero-order chi connectivity index (χ0) is 24.9. The number of morpholine rings is 2. The quantitative estimate of drug-likeness (QED) is 0.530. The van der Waals surface area contributed by atoms with Gasteiger partial charge in [0.2, 0.25) is 0 Å². The molecule has 2 aliphatic rings. The van der Waals surface area contributed by atoms with Gasteiger partial charge in [-0.1, -0.05) is 0 Å². The molecule has 8 heteroatoms. The fraction of sp³-hybridized carbons (Fsp3) is 0.615. The normalized spacial score (nSPS) is 18.3. The summed E-state index contributed by atoms with van der Waals surface area (Å²) in [5, 5.41) is 4.06. The molecule has 0 spiro atoms. The molecule has 0 atom stereocenters. The molecule has 6 nitrogen and oxygen atoms in total. The van der Waals surface area contributed by atoms with Gasteiger partial charge in [0.25, 0.3) is 0 Å². The van der Waals surface area contributed by atoms with E-state index in [0.717, 1.165) is 73.5 Å². The van der Waals surface area contributed by atoms with E-state index in [4.69, 9.17) is 9.47 Å². The van der Waals surface area contributed by atoms with Crippen LogP contribution in [0.1, 0.15) is 58.2 Å². The van der Waals surface area contributed by atoms with Crippen molar-refractivity contribution < 1.29 is 19.1 Å². The Balaban J connectivity index is 0.000000191. The molecular formula is C26H38N2O4S2. The third kappa shape index (κ3) is 6.42. The van der Waals surface area contributed by atoms with E-state index in [2.05, 4.69) is 9.80 Å². The molecule has 0 bridgehead atoms. The number of aryl methyl sites for hydroxylation is 2. The van der Waals surface area contributed by atoms with Crippen LogP contribution in [0.4, 0.5) is 0 Å². The molecular weight excluding hydrogens is 468 g/mol. The summed E-state index contributed by atoms with van der Waals surface area (Å²) in [6, 6.07) is 3.96. The number of hydrogen-bond donors (Lipinski definition) is 0. The summed E-state index contributed by atoms with van der Waals surface area (Å²) in [7, 11) is 0. The number of Topliss-reactive ketones (excluding diaryl/α,β-unsaturated/α-hetero) is 2. The second-order valence-corrected chi connectivity index (χ2v) is 11.8. The minimum absolute atomic E-state index is 0.220. The maximum Gasteiger partial charge on any atom is 0.192 e. The predicted octanol–water partition coefficient (Wildman–Crippen LogP) is 4.70. The number of rotatable bonds is 6. The highest BCUT2D eigenvalue weighted by Crippen LogP contribution is 2.26. The average molecular weight is 507 g/mol. The van der Waals surface area contributed by atoms with E-state index < -0.39 is 11.1 Å². The van der Waals surface area contributed by atoms with Crippen LogP contribution in [-0.2, 0) is 9.47 Å². The van der Waals surface area contributed by atoms with Gasteiger partial charge in [0.15, 0.2) is 11.6 Å². The van der Waals surface area contributed by atoms with Crippen LogP contribution < -0.4 is 0 Å². The van der Waals surface area contributed by atoms with E-state index >= 15 is 0 Å². The maximum atomic E-state index is 12.5. The van der Waals surface area contributed by atoms with Crippen LogP contribution in [-0.4, -0.2) is 85.1 Å². The number of carbonyl (C=O) groups is 2. The van der Waals surface area contributed by atoms with Crippen LogP contribution in [0, 0.1) is 13.8 Å². The number of hydrogen-bond acceptors (Lipinski definition) is 8. The zero-order valence-corrected chi connectivity index (χ0v) is 22.9. The molecule has 0 unspecified atom stereocenters. The molecule has 2 aromatic rings. The smallest absolute Gasteiger partial charge is 0.192 e. The maximum absolute atomic E-state index is 12.5. The van der Waals surface area contributed by atoms with Crippen molar-refractivity contribution in [1.29, 1.82) is 0 Å². The van der Waals surface area contributed by atoms with Crippen molar-refractivity contribution in [3.8, 4) is 0 Å². The minimum Gasteiger partial charge on any atom is -0.379 e. The lowest BCUT2D eigenvalue weighted by Crippen LogP contribution is -2.54. The largest absolute Gasteiger partial charge is 0.379 e. The molecule has 188 valence electrons. The van der Waals surface area contributed by atoms with Gasteiger partial charge >= 0.3 is 0 Å². The van der Waals surface area contributed by atoms with Crippen LogP contribution in [0.5, 0.6) is 0 Å². The Morgan fingerprint density at radius 3 is 1.29 bits per heavy atom. The highest BCUT2D eigenvalue weighted by atomic mass is 32.1. The number of nitrogens with zero attached hydrogens (tertiary/aromatic N) is 2. The van der Waals surface area contributed by atoms with Crippen molar-refractivity contribution in [3.05, 3.63) is 43.8 Å². The molecule has 4 heterocycles. The van der Waals surface area contributed by atoms with Crippen LogP contribution in [0.25, 0.3) is 0 Å². The first-order valence-corrected chi connectivity index (χ1v) is 13.6. The molecule has 0 radical (unpaired) electrons. The predicted molar refractivity (Wildman–Crippen MR) is 140 cm³/mol. The summed E-state index contributed by atoms with van der Waals surface area (Å²) in [4.78, 5) is 31.2. The van der Waals surface area contributed by atoms with Crippen LogP contribution in [0.3, 0.4) is 0 Å². The molecule has 2 aliphatic heterocycles. The third-order valence-electron chi connectivity index (χ3n) is 6.62. The highest BCUT2D eigenvalue weighted by molar-refractivity contribution is 7.12. The molecule has 0 aromatic carbocycles. The van der Waals surface area contributed by atoms with Gasteiger partial charge < -0.3 is 9.47 Å². The van der Waals surface area contributed by atoms with Gasteiger partial charge in [0.1, 0.15) is 0 Å². The van der Waals surface area contributed by atoms with Crippen molar-refractivity contribution in [2.24, 2.45) is 0 Å². The van der Waals surface area contributed by atoms with E-state index in [0.29, 0.717) is 0 Å². The van der Waals surface area contributed by atoms with Gasteiger partial charge in [-0.3, -0.25) is 19.4 Å². The fourth-order valence-electron chi connectivity index (χ4n) is 4.24. The monoisotopic (exact) mass is 506 g/mol. The molecule has 0 aliphatic carbocycles. The van der Waals surface area contributed by atoms with Crippen molar-refractivity contribution in [2.45, 2.75) is 52.6 Å². The zero-order valence-electron chi connectivity index (χ0n) is 21.3. The fourth-order valence-corrected chi connectivity index (χ4v) is 6.22. The first kappa shape index (κ1) is 27.2. The van der Waals surface area contributed by atoms with E-state index in [1.54, 1.807) is 22.7 Å². The van der Waals surface area contributed by atoms with Gasteiger partial charge in [0, 0.05) is 26.2 Å². The van der Waals surface area contributed by atoms with Gasteiger partial charge in [-0.15, -0.1) is 22.7 Å². The van der Waals surface area contributed by atoms with Crippen LogP contribution in [0.15, 0.2) is 22.9 Å².